The molecule has 7 rings (SSSR count). The van der Waals surface area contributed by atoms with Gasteiger partial charge in [0.1, 0.15) is 6.61 Å². The van der Waals surface area contributed by atoms with Crippen LogP contribution in [-0.2, 0) is 22.5 Å². The molecule has 0 spiro atoms. The monoisotopic (exact) mass is 642 g/mol. The van der Waals surface area contributed by atoms with Crippen LogP contribution in [0.4, 0.5) is 0 Å². The van der Waals surface area contributed by atoms with E-state index >= 15 is 0 Å². The van der Waals surface area contributed by atoms with E-state index in [4.69, 9.17) is 15.5 Å². The summed E-state index contributed by atoms with van der Waals surface area (Å²) in [6.07, 6.45) is 3.58. The maximum absolute atomic E-state index is 13.0. The van der Waals surface area contributed by atoms with Crippen LogP contribution in [0.15, 0.2) is 101 Å². The molecule has 3 aromatic carbocycles. The molecule has 10 heteroatoms. The number of aromatic amines is 2. The molecule has 4 N–H and O–H groups in total. The van der Waals surface area contributed by atoms with Gasteiger partial charge in [-0.15, -0.1) is 0 Å². The second-order valence-electron chi connectivity index (χ2n) is 12.4. The number of ether oxygens (including phenoxy) is 1. The number of hydrogen-bond donors (Lipinski definition) is 3. The number of H-pyrrole nitrogens is 2. The van der Waals surface area contributed by atoms with Crippen LogP contribution >= 0.6 is 0 Å². The highest BCUT2D eigenvalue weighted by atomic mass is 16.5. The Labute approximate surface area is 277 Å². The van der Waals surface area contributed by atoms with E-state index in [1.54, 1.807) is 6.20 Å². The molecule has 3 aromatic heterocycles. The lowest BCUT2D eigenvalue weighted by atomic mass is 9.97. The van der Waals surface area contributed by atoms with E-state index in [2.05, 4.69) is 39.1 Å². The Morgan fingerprint density at radius 1 is 0.917 bits per heavy atom. The number of fused-ring (bicyclic) bond motifs is 2. The standard InChI is InChI=1S/C38H38N6O4/c39-15-19-48-24-30(45)20-26-8-11-34-35(21-26)44(38(47)42-34)29-13-17-43(18-14-29)23-25-6-9-28(10-7-25)36-31(27-4-2-1-3-5-27)22-32-33(41-36)12-16-40-37(32)46/h1-12,16,21-22,29H,13-15,17-20,23-24,39H2,(H,40,46)(H,42,47). The first-order chi connectivity index (χ1) is 23.5. The van der Waals surface area contributed by atoms with E-state index in [9.17, 15) is 14.4 Å². The molecule has 0 saturated carbocycles. The summed E-state index contributed by atoms with van der Waals surface area (Å²) in [5.74, 6) is -0.0182. The number of carbonyl (C=O) groups excluding carboxylic acids is 1. The van der Waals surface area contributed by atoms with Gasteiger partial charge < -0.3 is 20.4 Å². The van der Waals surface area contributed by atoms with Crippen molar-refractivity contribution in [2.45, 2.75) is 31.8 Å². The summed E-state index contributed by atoms with van der Waals surface area (Å²) in [5.41, 5.74) is 13.3. The number of nitrogens with two attached hydrogens (primary N) is 1. The number of Topliss-reactive ketones (excluding diaryl/α,β-unsaturated/α-hetero) is 1. The Morgan fingerprint density at radius 3 is 2.46 bits per heavy atom. The highest BCUT2D eigenvalue weighted by molar-refractivity contribution is 5.91. The lowest BCUT2D eigenvalue weighted by Gasteiger charge is -2.32. The molecule has 6 aromatic rings. The van der Waals surface area contributed by atoms with Gasteiger partial charge >= 0.3 is 5.69 Å². The number of hydrogen-bond acceptors (Lipinski definition) is 7. The molecule has 1 aliphatic heterocycles. The van der Waals surface area contributed by atoms with Crippen molar-refractivity contribution in [2.24, 2.45) is 5.73 Å². The minimum absolute atomic E-state index is 0.0182. The number of carbonyl (C=O) groups is 1. The highest BCUT2D eigenvalue weighted by Crippen LogP contribution is 2.33. The SMILES string of the molecule is NCCOCC(=O)Cc1ccc2[nH]c(=O)n(C3CCN(Cc4ccc(-c5nc6cc[nH]c(=O)c6cc5-c5ccccc5)cc4)CC3)c2c1. The molecule has 0 amide bonds. The van der Waals surface area contributed by atoms with Gasteiger partial charge in [-0.05, 0) is 53.8 Å². The molecular weight excluding hydrogens is 604 g/mol. The van der Waals surface area contributed by atoms with E-state index in [-0.39, 0.29) is 36.1 Å². The van der Waals surface area contributed by atoms with Crippen LogP contribution in [0.25, 0.3) is 44.3 Å². The van der Waals surface area contributed by atoms with Gasteiger partial charge in [-0.1, -0.05) is 60.7 Å². The number of benzene rings is 3. The molecule has 0 unspecified atom stereocenters. The first kappa shape index (κ1) is 31.4. The third kappa shape index (κ3) is 6.64. The van der Waals surface area contributed by atoms with Crippen LogP contribution in [0.2, 0.25) is 0 Å². The zero-order valence-electron chi connectivity index (χ0n) is 26.7. The van der Waals surface area contributed by atoms with Crippen LogP contribution in [0.5, 0.6) is 0 Å². The van der Waals surface area contributed by atoms with Gasteiger partial charge in [0.25, 0.3) is 5.56 Å². The van der Waals surface area contributed by atoms with Crippen LogP contribution in [-0.4, -0.2) is 63.1 Å². The molecule has 10 nitrogen and oxygen atoms in total. The fourth-order valence-corrected chi connectivity index (χ4v) is 6.72. The largest absolute Gasteiger partial charge is 0.372 e. The summed E-state index contributed by atoms with van der Waals surface area (Å²) < 4.78 is 7.16. The Kier molecular flexibility index (Phi) is 9.11. The van der Waals surface area contributed by atoms with Crippen molar-refractivity contribution in [2.75, 3.05) is 32.8 Å². The van der Waals surface area contributed by atoms with Crippen molar-refractivity contribution in [3.8, 4) is 22.4 Å². The quantitative estimate of drug-likeness (QED) is 0.172. The van der Waals surface area contributed by atoms with Crippen molar-refractivity contribution in [1.29, 1.82) is 0 Å². The van der Waals surface area contributed by atoms with Crippen LogP contribution in [0.1, 0.15) is 30.0 Å². The van der Waals surface area contributed by atoms with Crippen molar-refractivity contribution >= 4 is 27.7 Å². The second-order valence-corrected chi connectivity index (χ2v) is 12.4. The maximum Gasteiger partial charge on any atom is 0.326 e. The number of rotatable bonds is 11. The molecule has 0 radical (unpaired) electrons. The van der Waals surface area contributed by atoms with E-state index in [0.29, 0.717) is 24.1 Å². The maximum atomic E-state index is 13.0. The van der Waals surface area contributed by atoms with Crippen LogP contribution < -0.4 is 17.0 Å². The second kappa shape index (κ2) is 13.9. The average Bonchev–Trinajstić information content (AvgIpc) is 3.44. The Hall–Kier alpha value is -5.16. The number of likely N-dealkylation sites (tertiary alicyclic amines) is 1. The summed E-state index contributed by atoms with van der Waals surface area (Å²) in [7, 11) is 0. The number of nitrogens with one attached hydrogen (secondary N) is 2. The smallest absolute Gasteiger partial charge is 0.326 e. The van der Waals surface area contributed by atoms with Gasteiger partial charge in [-0.25, -0.2) is 9.78 Å². The van der Waals surface area contributed by atoms with Gasteiger partial charge in [-0.2, -0.15) is 0 Å². The Balaban J connectivity index is 1.04. The molecule has 0 aliphatic carbocycles. The van der Waals surface area contributed by atoms with Crippen molar-refractivity contribution in [1.82, 2.24) is 24.4 Å². The zero-order chi connectivity index (χ0) is 33.0. The molecule has 1 aliphatic rings. The minimum atomic E-state index is -0.154. The third-order valence-electron chi connectivity index (χ3n) is 9.10. The summed E-state index contributed by atoms with van der Waals surface area (Å²) in [6, 6.07) is 28.1. The first-order valence-electron chi connectivity index (χ1n) is 16.4. The lowest BCUT2D eigenvalue weighted by Crippen LogP contribution is -2.36. The molecule has 244 valence electrons. The highest BCUT2D eigenvalue weighted by Gasteiger charge is 2.24. The normalized spacial score (nSPS) is 14.2. The molecule has 1 fully saturated rings. The van der Waals surface area contributed by atoms with Gasteiger partial charge in [0.15, 0.2) is 5.78 Å². The average molecular weight is 643 g/mol. The first-order valence-corrected chi connectivity index (χ1v) is 16.4. The van der Waals surface area contributed by atoms with Gasteiger partial charge in [0.05, 0.1) is 34.2 Å². The molecular formula is C38H38N6O4. The Bertz CT molecular complexity index is 2180. The number of nitrogens with zero attached hydrogens (tertiary/aromatic N) is 3. The zero-order valence-corrected chi connectivity index (χ0v) is 26.7. The van der Waals surface area contributed by atoms with E-state index < -0.39 is 0 Å². The summed E-state index contributed by atoms with van der Waals surface area (Å²) in [4.78, 5) is 51.1. The van der Waals surface area contributed by atoms with E-state index in [0.717, 1.165) is 71.5 Å². The predicted octanol–water partition coefficient (Wildman–Crippen LogP) is 4.82. The molecule has 48 heavy (non-hydrogen) atoms. The third-order valence-corrected chi connectivity index (χ3v) is 9.10. The minimum Gasteiger partial charge on any atom is -0.372 e. The van der Waals surface area contributed by atoms with Crippen molar-refractivity contribution in [3.63, 3.8) is 0 Å². The van der Waals surface area contributed by atoms with Crippen LogP contribution in [0, 0.1) is 0 Å². The predicted molar refractivity (Wildman–Crippen MR) is 188 cm³/mol. The van der Waals surface area contributed by atoms with Crippen molar-refractivity contribution < 1.29 is 9.53 Å². The number of imidazole rings is 1. The number of pyridine rings is 2. The molecule has 1 saturated heterocycles. The lowest BCUT2D eigenvalue weighted by molar-refractivity contribution is -0.122. The summed E-state index contributed by atoms with van der Waals surface area (Å²) in [5, 5.41) is 0.565. The van der Waals surface area contributed by atoms with Gasteiger partial charge in [0.2, 0.25) is 0 Å². The topological polar surface area (TPSA) is 139 Å². The van der Waals surface area contributed by atoms with E-state index in [1.807, 2.05) is 65.2 Å². The van der Waals surface area contributed by atoms with Crippen LogP contribution in [0.3, 0.4) is 0 Å². The van der Waals surface area contributed by atoms with Gasteiger partial charge in [-0.3, -0.25) is 19.1 Å². The fourth-order valence-electron chi connectivity index (χ4n) is 6.72. The van der Waals surface area contributed by atoms with Gasteiger partial charge in [0, 0.05) is 56.0 Å². The molecule has 4 heterocycles. The number of ketones is 1. The molecule has 0 atom stereocenters. The number of piperidine rings is 1. The fraction of sp³-hybridized carbons (Fsp3) is 0.263. The summed E-state index contributed by atoms with van der Waals surface area (Å²) >= 11 is 0. The summed E-state index contributed by atoms with van der Waals surface area (Å²) in [6.45, 7) is 3.30. The van der Waals surface area contributed by atoms with Crippen molar-refractivity contribution in [3.05, 3.63) is 123 Å². The Morgan fingerprint density at radius 2 is 1.69 bits per heavy atom. The number of aromatic nitrogens is 4. The van der Waals surface area contributed by atoms with E-state index in [1.165, 1.54) is 5.56 Å². The molecule has 0 bridgehead atoms.